The number of halogens is 2. The summed E-state index contributed by atoms with van der Waals surface area (Å²) in [6, 6.07) is 6.84. The zero-order valence-corrected chi connectivity index (χ0v) is 18.7. The Morgan fingerprint density at radius 3 is 2.76 bits per heavy atom. The third-order valence-electron chi connectivity index (χ3n) is 4.91. The smallest absolute Gasteiger partial charge is 0.265 e. The molecule has 4 rings (SSSR count). The number of nitrogens with one attached hydrogen (secondary N) is 2. The number of hydrogen-bond donors (Lipinski definition) is 2. The Morgan fingerprint density at radius 1 is 1.30 bits per heavy atom. The average molecular weight is 466 g/mol. The first kappa shape index (κ1) is 22.4. The lowest BCUT2D eigenvalue weighted by Gasteiger charge is -2.16. The van der Waals surface area contributed by atoms with E-state index in [0.29, 0.717) is 44.2 Å². The summed E-state index contributed by atoms with van der Waals surface area (Å²) in [7, 11) is 1.74. The molecule has 1 atom stereocenters. The highest BCUT2D eigenvalue weighted by atomic mass is 35.5. The highest BCUT2D eigenvalue weighted by Gasteiger charge is 2.18. The first-order valence-electron chi connectivity index (χ1n) is 10.2. The number of aromatic nitrogens is 3. The molecule has 168 valence electrons. The number of allylic oxidation sites excluding steroid dienone is 5. The second-order valence-corrected chi connectivity index (χ2v) is 7.86. The predicted octanol–water partition coefficient (Wildman–Crippen LogP) is 4.38. The van der Waals surface area contributed by atoms with Crippen LogP contribution in [0.1, 0.15) is 6.92 Å². The Balaban J connectivity index is 1.95. The van der Waals surface area contributed by atoms with E-state index in [1.54, 1.807) is 61.9 Å². The van der Waals surface area contributed by atoms with Gasteiger partial charge >= 0.3 is 0 Å². The molecule has 0 amide bonds. The number of ether oxygens (including phenoxy) is 1. The van der Waals surface area contributed by atoms with E-state index in [0.717, 1.165) is 0 Å². The monoisotopic (exact) mass is 465 g/mol. The van der Waals surface area contributed by atoms with Crippen LogP contribution in [0.25, 0.3) is 27.9 Å². The normalized spacial score (nSPS) is 15.6. The Hall–Kier alpha value is -3.78. The second-order valence-electron chi connectivity index (χ2n) is 7.42. The third-order valence-corrected chi connectivity index (χ3v) is 5.16. The molecule has 0 saturated carbocycles. The highest BCUT2D eigenvalue weighted by molar-refractivity contribution is 6.30. The van der Waals surface area contributed by atoms with E-state index in [1.165, 1.54) is 17.7 Å². The van der Waals surface area contributed by atoms with Gasteiger partial charge in [0.05, 0.1) is 17.5 Å². The number of alkyl halides is 1. The van der Waals surface area contributed by atoms with E-state index in [1.807, 2.05) is 0 Å². The van der Waals surface area contributed by atoms with Crippen LogP contribution in [-0.2, 0) is 0 Å². The summed E-state index contributed by atoms with van der Waals surface area (Å²) in [5, 5.41) is 11.5. The number of nitrogens with zero attached hydrogens (tertiary/aromatic N) is 3. The summed E-state index contributed by atoms with van der Waals surface area (Å²) in [6.07, 6.45) is 8.57. The average Bonchev–Trinajstić information content (AvgIpc) is 2.80. The lowest BCUT2D eigenvalue weighted by molar-refractivity contribution is 0.204. The van der Waals surface area contributed by atoms with E-state index in [9.17, 15) is 9.18 Å². The van der Waals surface area contributed by atoms with Gasteiger partial charge in [0.1, 0.15) is 23.8 Å². The van der Waals surface area contributed by atoms with Crippen molar-refractivity contribution in [2.75, 3.05) is 13.7 Å². The minimum Gasteiger partial charge on any atom is -0.473 e. The van der Waals surface area contributed by atoms with Crippen molar-refractivity contribution in [3.05, 3.63) is 82.0 Å². The zero-order chi connectivity index (χ0) is 23.5. The summed E-state index contributed by atoms with van der Waals surface area (Å²) < 4.78 is 20.1. The van der Waals surface area contributed by atoms with Crippen LogP contribution in [-0.4, -0.2) is 40.1 Å². The van der Waals surface area contributed by atoms with E-state index >= 15 is 0 Å². The van der Waals surface area contributed by atoms with Gasteiger partial charge in [-0.15, -0.1) is 0 Å². The fourth-order valence-corrected chi connectivity index (χ4v) is 3.50. The molecule has 9 heteroatoms. The van der Waals surface area contributed by atoms with Crippen LogP contribution >= 0.6 is 11.6 Å². The Bertz CT molecular complexity index is 1370. The minimum atomic E-state index is -1.17. The van der Waals surface area contributed by atoms with Gasteiger partial charge in [-0.25, -0.2) is 14.4 Å². The van der Waals surface area contributed by atoms with Crippen LogP contribution in [0.4, 0.5) is 4.39 Å². The quantitative estimate of drug-likeness (QED) is 0.563. The third kappa shape index (κ3) is 4.70. The molecular weight excluding hydrogens is 445 g/mol. The van der Waals surface area contributed by atoms with Crippen molar-refractivity contribution >= 4 is 34.0 Å². The lowest BCUT2D eigenvalue weighted by Crippen LogP contribution is -2.22. The maximum absolute atomic E-state index is 13.7. The first-order chi connectivity index (χ1) is 15.9. The van der Waals surface area contributed by atoms with Gasteiger partial charge in [0.15, 0.2) is 0 Å². The van der Waals surface area contributed by atoms with Gasteiger partial charge in [0.2, 0.25) is 5.88 Å². The molecule has 1 aromatic carbocycles. The summed E-state index contributed by atoms with van der Waals surface area (Å²) in [5.41, 5.74) is 2.90. The first-order valence-corrected chi connectivity index (χ1v) is 10.6. The standard InChI is InChI=1S/C24H21ClFN5O2/c1-14(26)13-33-21-11-29-20-12-31(18-7-8-19(27)16(9-18)10-28-2)24(32)22(23(20)30-21)15-3-5-17(25)6-4-15/h3-12,14,27-28H,13H2,1-2H3/b16-10-,27-19?. The maximum Gasteiger partial charge on any atom is 0.265 e. The fraction of sp³-hybridized carbons (Fsp3) is 0.167. The van der Waals surface area contributed by atoms with E-state index in [-0.39, 0.29) is 18.0 Å². The molecule has 33 heavy (non-hydrogen) atoms. The minimum absolute atomic E-state index is 0.129. The molecule has 0 aliphatic heterocycles. The number of benzene rings is 1. The summed E-state index contributed by atoms with van der Waals surface area (Å²) >= 11 is 6.05. The summed E-state index contributed by atoms with van der Waals surface area (Å²) in [5.74, 6) is 0.129. The van der Waals surface area contributed by atoms with Crippen LogP contribution in [0, 0.1) is 5.41 Å². The SMILES string of the molecule is CN/C=C1/C=C(n2cc3ncc(OCC(C)F)nc3c(-c3ccc(Cl)cc3)c2=O)C=CC1=N. The van der Waals surface area contributed by atoms with Crippen molar-refractivity contribution in [3.8, 4) is 17.0 Å². The van der Waals surface area contributed by atoms with E-state index < -0.39 is 6.17 Å². The number of pyridine rings is 1. The number of rotatable bonds is 6. The van der Waals surface area contributed by atoms with Gasteiger partial charge in [-0.3, -0.25) is 9.36 Å². The molecule has 1 aliphatic carbocycles. The number of hydrogen-bond acceptors (Lipinski definition) is 6. The molecule has 2 aromatic heterocycles. The highest BCUT2D eigenvalue weighted by Crippen LogP contribution is 2.27. The van der Waals surface area contributed by atoms with E-state index in [2.05, 4.69) is 15.3 Å². The van der Waals surface area contributed by atoms with Crippen molar-refractivity contribution in [2.24, 2.45) is 0 Å². The van der Waals surface area contributed by atoms with Crippen LogP contribution in [0.2, 0.25) is 5.02 Å². The maximum atomic E-state index is 13.7. The molecule has 2 N–H and O–H groups in total. The van der Waals surface area contributed by atoms with Crippen molar-refractivity contribution in [2.45, 2.75) is 13.1 Å². The van der Waals surface area contributed by atoms with Gasteiger partial charge in [-0.05, 0) is 42.8 Å². The zero-order valence-electron chi connectivity index (χ0n) is 18.0. The molecule has 7 nitrogen and oxygen atoms in total. The molecule has 0 spiro atoms. The molecule has 0 bridgehead atoms. The van der Waals surface area contributed by atoms with Gasteiger partial charge in [0, 0.05) is 35.7 Å². The van der Waals surface area contributed by atoms with Crippen LogP contribution in [0.15, 0.2) is 71.5 Å². The molecule has 0 saturated heterocycles. The van der Waals surface area contributed by atoms with Gasteiger partial charge in [0.25, 0.3) is 5.56 Å². The molecule has 3 aromatic rings. The largest absolute Gasteiger partial charge is 0.473 e. The Labute approximate surface area is 194 Å². The van der Waals surface area contributed by atoms with Crippen LogP contribution < -0.4 is 15.6 Å². The molecule has 1 aliphatic rings. The molecular formula is C24H21ClFN5O2. The van der Waals surface area contributed by atoms with Crippen LogP contribution in [0.5, 0.6) is 5.88 Å². The molecule has 0 fully saturated rings. The Kier molecular flexibility index (Phi) is 6.37. The van der Waals surface area contributed by atoms with Crippen LogP contribution in [0.3, 0.4) is 0 Å². The summed E-state index contributed by atoms with van der Waals surface area (Å²) in [4.78, 5) is 22.6. The van der Waals surface area contributed by atoms with Crippen molar-refractivity contribution in [1.29, 1.82) is 5.41 Å². The topological polar surface area (TPSA) is 92.9 Å². The van der Waals surface area contributed by atoms with Gasteiger partial charge in [-0.2, -0.15) is 0 Å². The van der Waals surface area contributed by atoms with E-state index in [4.69, 9.17) is 21.7 Å². The van der Waals surface area contributed by atoms with Gasteiger partial charge in [-0.1, -0.05) is 23.7 Å². The number of fused-ring (bicyclic) bond motifs is 1. The van der Waals surface area contributed by atoms with Crippen molar-refractivity contribution in [3.63, 3.8) is 0 Å². The van der Waals surface area contributed by atoms with Crippen molar-refractivity contribution in [1.82, 2.24) is 19.9 Å². The Morgan fingerprint density at radius 2 is 2.06 bits per heavy atom. The molecule has 2 heterocycles. The lowest BCUT2D eigenvalue weighted by atomic mass is 10.0. The van der Waals surface area contributed by atoms with Crippen molar-refractivity contribution < 1.29 is 9.13 Å². The molecule has 0 radical (unpaired) electrons. The summed E-state index contributed by atoms with van der Waals surface area (Å²) in [6.45, 7) is 1.21. The predicted molar refractivity (Wildman–Crippen MR) is 129 cm³/mol. The second kappa shape index (κ2) is 9.38. The molecule has 1 unspecified atom stereocenters. The fourth-order valence-electron chi connectivity index (χ4n) is 3.38. The van der Waals surface area contributed by atoms with Gasteiger partial charge < -0.3 is 15.5 Å².